The van der Waals surface area contributed by atoms with E-state index in [2.05, 4.69) is 15.3 Å². The molecule has 0 aliphatic carbocycles. The SMILES string of the molecule is CCC(NC(=O)C(C)Oc1ccc(F)cc1)c1ncc[nH]1. The van der Waals surface area contributed by atoms with Gasteiger partial charge in [0.2, 0.25) is 0 Å². The van der Waals surface area contributed by atoms with E-state index in [9.17, 15) is 9.18 Å². The first-order valence-electron chi connectivity index (χ1n) is 6.82. The summed E-state index contributed by atoms with van der Waals surface area (Å²) in [7, 11) is 0. The topological polar surface area (TPSA) is 67.0 Å². The van der Waals surface area contributed by atoms with Crippen LogP contribution in [0, 0.1) is 5.82 Å². The number of imidazole rings is 1. The fraction of sp³-hybridized carbons (Fsp3) is 0.333. The Hall–Kier alpha value is -2.37. The number of ether oxygens (including phenoxy) is 1. The van der Waals surface area contributed by atoms with Gasteiger partial charge in [-0.25, -0.2) is 9.37 Å². The summed E-state index contributed by atoms with van der Waals surface area (Å²) in [6.45, 7) is 3.60. The second-order valence-electron chi connectivity index (χ2n) is 4.66. The van der Waals surface area contributed by atoms with Gasteiger partial charge in [0, 0.05) is 12.4 Å². The normalized spacial score (nSPS) is 13.5. The lowest BCUT2D eigenvalue weighted by Crippen LogP contribution is -2.38. The second-order valence-corrected chi connectivity index (χ2v) is 4.66. The van der Waals surface area contributed by atoms with Gasteiger partial charge < -0.3 is 15.0 Å². The first-order valence-corrected chi connectivity index (χ1v) is 6.82. The van der Waals surface area contributed by atoms with Gasteiger partial charge in [-0.1, -0.05) is 6.92 Å². The van der Waals surface area contributed by atoms with Gasteiger partial charge in [-0.15, -0.1) is 0 Å². The van der Waals surface area contributed by atoms with Crippen LogP contribution in [0.4, 0.5) is 4.39 Å². The fourth-order valence-electron chi connectivity index (χ4n) is 1.89. The smallest absolute Gasteiger partial charge is 0.261 e. The van der Waals surface area contributed by atoms with Crippen LogP contribution >= 0.6 is 0 Å². The lowest BCUT2D eigenvalue weighted by atomic mass is 10.2. The number of halogens is 1. The summed E-state index contributed by atoms with van der Waals surface area (Å²) < 4.78 is 18.3. The van der Waals surface area contributed by atoms with Crippen LogP contribution in [0.1, 0.15) is 32.1 Å². The first-order chi connectivity index (χ1) is 10.1. The Labute approximate surface area is 122 Å². The molecule has 2 N–H and O–H groups in total. The van der Waals surface area contributed by atoms with Gasteiger partial charge in [-0.3, -0.25) is 4.79 Å². The number of aromatic amines is 1. The minimum absolute atomic E-state index is 0.188. The first kappa shape index (κ1) is 15.0. The molecular weight excluding hydrogens is 273 g/mol. The van der Waals surface area contributed by atoms with Crippen molar-refractivity contribution in [1.29, 1.82) is 0 Å². The van der Waals surface area contributed by atoms with Crippen molar-refractivity contribution in [3.63, 3.8) is 0 Å². The van der Waals surface area contributed by atoms with Crippen LogP contribution in [-0.2, 0) is 4.79 Å². The van der Waals surface area contributed by atoms with Crippen molar-refractivity contribution in [2.45, 2.75) is 32.4 Å². The van der Waals surface area contributed by atoms with E-state index in [1.165, 1.54) is 24.3 Å². The molecule has 1 aromatic carbocycles. The number of aromatic nitrogens is 2. The summed E-state index contributed by atoms with van der Waals surface area (Å²) in [6.07, 6.45) is 3.38. The zero-order valence-corrected chi connectivity index (χ0v) is 12.0. The van der Waals surface area contributed by atoms with Crippen molar-refractivity contribution in [3.05, 3.63) is 48.3 Å². The summed E-state index contributed by atoms with van der Waals surface area (Å²) in [5.41, 5.74) is 0. The Bertz CT molecular complexity index is 569. The lowest BCUT2D eigenvalue weighted by Gasteiger charge is -2.19. The summed E-state index contributed by atoms with van der Waals surface area (Å²) in [6, 6.07) is 5.37. The number of carbonyl (C=O) groups is 1. The number of rotatable bonds is 6. The minimum atomic E-state index is -0.681. The molecule has 0 aliphatic heterocycles. The van der Waals surface area contributed by atoms with E-state index in [0.29, 0.717) is 18.0 Å². The quantitative estimate of drug-likeness (QED) is 0.859. The van der Waals surface area contributed by atoms with E-state index in [1.54, 1.807) is 19.3 Å². The van der Waals surface area contributed by atoms with E-state index in [-0.39, 0.29) is 17.8 Å². The average Bonchev–Trinajstić information content (AvgIpc) is 3.01. The molecule has 2 aromatic rings. The van der Waals surface area contributed by atoms with Crippen LogP contribution in [0.3, 0.4) is 0 Å². The summed E-state index contributed by atoms with van der Waals surface area (Å²) >= 11 is 0. The van der Waals surface area contributed by atoms with Crippen molar-refractivity contribution < 1.29 is 13.9 Å². The molecule has 5 nitrogen and oxygen atoms in total. The van der Waals surface area contributed by atoms with Crippen LogP contribution in [0.25, 0.3) is 0 Å². The van der Waals surface area contributed by atoms with Crippen molar-refractivity contribution in [3.8, 4) is 5.75 Å². The number of nitrogens with zero attached hydrogens (tertiary/aromatic N) is 1. The third-order valence-corrected chi connectivity index (χ3v) is 3.07. The van der Waals surface area contributed by atoms with Crippen molar-refractivity contribution in [2.75, 3.05) is 0 Å². The van der Waals surface area contributed by atoms with Crippen molar-refractivity contribution in [2.24, 2.45) is 0 Å². The molecule has 112 valence electrons. The van der Waals surface area contributed by atoms with Gasteiger partial charge in [0.15, 0.2) is 6.10 Å². The number of amides is 1. The highest BCUT2D eigenvalue weighted by molar-refractivity contribution is 5.81. The highest BCUT2D eigenvalue weighted by atomic mass is 19.1. The molecule has 2 rings (SSSR count). The number of H-pyrrole nitrogens is 1. The molecule has 0 saturated heterocycles. The average molecular weight is 291 g/mol. The van der Waals surface area contributed by atoms with Crippen LogP contribution in [0.2, 0.25) is 0 Å². The maximum atomic E-state index is 12.8. The maximum absolute atomic E-state index is 12.8. The molecule has 0 saturated carbocycles. The molecule has 2 atom stereocenters. The summed E-state index contributed by atoms with van der Waals surface area (Å²) in [4.78, 5) is 19.2. The van der Waals surface area contributed by atoms with Gasteiger partial charge >= 0.3 is 0 Å². The van der Waals surface area contributed by atoms with Crippen LogP contribution in [0.5, 0.6) is 5.75 Å². The molecule has 1 heterocycles. The third-order valence-electron chi connectivity index (χ3n) is 3.07. The number of hydrogen-bond donors (Lipinski definition) is 2. The molecule has 0 fully saturated rings. The number of carbonyl (C=O) groups excluding carboxylic acids is 1. The van der Waals surface area contributed by atoms with Gasteiger partial charge in [0.05, 0.1) is 6.04 Å². The molecule has 2 unspecified atom stereocenters. The lowest BCUT2D eigenvalue weighted by molar-refractivity contribution is -0.128. The Morgan fingerprint density at radius 3 is 2.71 bits per heavy atom. The minimum Gasteiger partial charge on any atom is -0.481 e. The van der Waals surface area contributed by atoms with Gasteiger partial charge in [-0.05, 0) is 37.6 Å². The zero-order chi connectivity index (χ0) is 15.2. The summed E-state index contributed by atoms with van der Waals surface area (Å²) in [5, 5.41) is 2.87. The number of hydrogen-bond acceptors (Lipinski definition) is 3. The Balaban J connectivity index is 1.94. The van der Waals surface area contributed by atoms with Crippen LogP contribution in [-0.4, -0.2) is 22.0 Å². The standard InChI is InChI=1S/C15H18FN3O2/c1-3-13(14-17-8-9-18-14)19-15(20)10(2)21-12-6-4-11(16)5-7-12/h4-10,13H,3H2,1-2H3,(H,17,18)(H,19,20). The predicted octanol–water partition coefficient (Wildman–Crippen LogP) is 2.58. The molecule has 21 heavy (non-hydrogen) atoms. The van der Waals surface area contributed by atoms with Crippen LogP contribution < -0.4 is 10.1 Å². The second kappa shape index (κ2) is 6.88. The molecule has 1 aromatic heterocycles. The molecule has 6 heteroatoms. The monoisotopic (exact) mass is 291 g/mol. The molecule has 0 bridgehead atoms. The van der Waals surface area contributed by atoms with Gasteiger partial charge in [0.1, 0.15) is 17.4 Å². The van der Waals surface area contributed by atoms with E-state index in [0.717, 1.165) is 0 Å². The highest BCUT2D eigenvalue weighted by Crippen LogP contribution is 2.15. The van der Waals surface area contributed by atoms with E-state index in [1.807, 2.05) is 6.92 Å². The predicted molar refractivity (Wildman–Crippen MR) is 76.3 cm³/mol. The third kappa shape index (κ3) is 4.05. The fourth-order valence-corrected chi connectivity index (χ4v) is 1.89. The Kier molecular flexibility index (Phi) is 4.92. The molecular formula is C15H18FN3O2. The largest absolute Gasteiger partial charge is 0.481 e. The maximum Gasteiger partial charge on any atom is 0.261 e. The Morgan fingerprint density at radius 1 is 1.43 bits per heavy atom. The van der Waals surface area contributed by atoms with E-state index < -0.39 is 6.10 Å². The van der Waals surface area contributed by atoms with E-state index >= 15 is 0 Å². The molecule has 0 radical (unpaired) electrons. The van der Waals surface area contributed by atoms with Gasteiger partial charge in [0.25, 0.3) is 5.91 Å². The number of nitrogens with one attached hydrogen (secondary N) is 2. The van der Waals surface area contributed by atoms with Crippen molar-refractivity contribution >= 4 is 5.91 Å². The van der Waals surface area contributed by atoms with Gasteiger partial charge in [-0.2, -0.15) is 0 Å². The molecule has 0 spiro atoms. The van der Waals surface area contributed by atoms with Crippen LogP contribution in [0.15, 0.2) is 36.7 Å². The zero-order valence-electron chi connectivity index (χ0n) is 12.0. The molecule has 0 aliphatic rings. The van der Waals surface area contributed by atoms with E-state index in [4.69, 9.17) is 4.74 Å². The summed E-state index contributed by atoms with van der Waals surface area (Å²) in [5.74, 6) is 0.566. The number of benzene rings is 1. The molecule has 1 amide bonds. The van der Waals surface area contributed by atoms with Crippen molar-refractivity contribution in [1.82, 2.24) is 15.3 Å². The Morgan fingerprint density at radius 2 is 2.14 bits per heavy atom. The highest BCUT2D eigenvalue weighted by Gasteiger charge is 2.20.